The second-order valence-electron chi connectivity index (χ2n) is 5.48. The number of thiazole rings is 1. The van der Waals surface area contributed by atoms with E-state index in [1.165, 1.54) is 0 Å². The van der Waals surface area contributed by atoms with Crippen molar-refractivity contribution in [3.8, 4) is 0 Å². The van der Waals surface area contributed by atoms with E-state index in [1.54, 1.807) is 0 Å². The Bertz CT molecular complexity index is 526. The van der Waals surface area contributed by atoms with Gasteiger partial charge in [-0.25, -0.2) is 9.98 Å². The van der Waals surface area contributed by atoms with E-state index in [0.717, 1.165) is 16.7 Å². The number of halogens is 3. The van der Waals surface area contributed by atoms with E-state index in [2.05, 4.69) is 27.5 Å². The van der Waals surface area contributed by atoms with Crippen LogP contribution in [0.2, 0.25) is 0 Å². The van der Waals surface area contributed by atoms with E-state index in [-0.39, 0.29) is 12.0 Å². The van der Waals surface area contributed by atoms with E-state index in [1.807, 2.05) is 6.92 Å². The minimum absolute atomic E-state index is 0.0842. The van der Waals surface area contributed by atoms with E-state index in [9.17, 15) is 13.2 Å². The third-order valence-electron chi connectivity index (χ3n) is 3.14. The normalized spacial score (nSPS) is 18.0. The van der Waals surface area contributed by atoms with Crippen molar-refractivity contribution >= 4 is 17.3 Å². The summed E-state index contributed by atoms with van der Waals surface area (Å²) in [6.45, 7) is 6.90. The molecule has 1 aliphatic heterocycles. The molecule has 0 bridgehead atoms. The number of hydrogen-bond acceptors (Lipinski definition) is 4. The second-order valence-corrected chi connectivity index (χ2v) is 6.42. The lowest BCUT2D eigenvalue weighted by atomic mass is 9.89. The predicted octanol–water partition coefficient (Wildman–Crippen LogP) is 2.25. The molecule has 1 fully saturated rings. The van der Waals surface area contributed by atoms with Gasteiger partial charge in [0.1, 0.15) is 5.01 Å². The largest absolute Gasteiger partial charge is 0.434 e. The Labute approximate surface area is 131 Å². The molecular formula is C13H19F3N4OS. The Morgan fingerprint density at radius 2 is 2.18 bits per heavy atom. The molecule has 2 N–H and O–H groups in total. The van der Waals surface area contributed by atoms with E-state index in [4.69, 9.17) is 4.74 Å². The van der Waals surface area contributed by atoms with Crippen LogP contribution in [0.4, 0.5) is 13.2 Å². The maximum absolute atomic E-state index is 12.5. The lowest BCUT2D eigenvalue weighted by molar-refractivity contribution is -0.140. The first kappa shape index (κ1) is 17.0. The molecule has 0 saturated carbocycles. The Balaban J connectivity index is 1.93. The highest BCUT2D eigenvalue weighted by atomic mass is 32.1. The molecule has 1 saturated heterocycles. The SMILES string of the molecule is CCNC(=NCc1nc(C(F)(F)F)cs1)NCC1(C)COC1. The third-order valence-corrected chi connectivity index (χ3v) is 3.98. The van der Waals surface area contributed by atoms with Gasteiger partial charge in [0, 0.05) is 23.9 Å². The fraction of sp³-hybridized carbons (Fsp3) is 0.692. The van der Waals surface area contributed by atoms with Crippen LogP contribution in [0.3, 0.4) is 0 Å². The van der Waals surface area contributed by atoms with Crippen LogP contribution in [0.1, 0.15) is 24.5 Å². The fourth-order valence-electron chi connectivity index (χ4n) is 1.85. The number of guanidine groups is 1. The predicted molar refractivity (Wildman–Crippen MR) is 78.9 cm³/mol. The zero-order valence-corrected chi connectivity index (χ0v) is 13.3. The first-order valence-corrected chi connectivity index (χ1v) is 7.82. The molecule has 0 aromatic carbocycles. The molecular weight excluding hydrogens is 317 g/mol. The molecule has 9 heteroatoms. The summed E-state index contributed by atoms with van der Waals surface area (Å²) in [5.74, 6) is 0.569. The molecule has 0 unspecified atom stereocenters. The summed E-state index contributed by atoms with van der Waals surface area (Å²) in [6.07, 6.45) is -4.40. The molecule has 1 aromatic heterocycles. The van der Waals surface area contributed by atoms with Gasteiger partial charge in [-0.1, -0.05) is 6.92 Å². The van der Waals surface area contributed by atoms with Gasteiger partial charge in [0.2, 0.25) is 0 Å². The molecule has 22 heavy (non-hydrogen) atoms. The number of aromatic nitrogens is 1. The van der Waals surface area contributed by atoms with Crippen LogP contribution in [-0.4, -0.2) is 37.2 Å². The molecule has 2 heterocycles. The van der Waals surface area contributed by atoms with Crippen LogP contribution >= 0.6 is 11.3 Å². The summed E-state index contributed by atoms with van der Waals surface area (Å²) >= 11 is 0.962. The number of nitrogens with zero attached hydrogens (tertiary/aromatic N) is 2. The van der Waals surface area contributed by atoms with Crippen molar-refractivity contribution in [3.63, 3.8) is 0 Å². The van der Waals surface area contributed by atoms with Gasteiger partial charge in [-0.15, -0.1) is 11.3 Å². The van der Waals surface area contributed by atoms with Gasteiger partial charge >= 0.3 is 6.18 Å². The van der Waals surface area contributed by atoms with Crippen LogP contribution in [0.5, 0.6) is 0 Å². The molecule has 0 aliphatic carbocycles. The topological polar surface area (TPSA) is 58.5 Å². The summed E-state index contributed by atoms with van der Waals surface area (Å²) in [5.41, 5.74) is -0.777. The monoisotopic (exact) mass is 336 g/mol. The minimum Gasteiger partial charge on any atom is -0.380 e. The van der Waals surface area contributed by atoms with Gasteiger partial charge in [-0.05, 0) is 6.92 Å². The summed E-state index contributed by atoms with van der Waals surface area (Å²) in [6, 6.07) is 0. The zero-order valence-electron chi connectivity index (χ0n) is 12.5. The summed E-state index contributed by atoms with van der Waals surface area (Å²) < 4.78 is 42.6. The number of ether oxygens (including phenoxy) is 1. The molecule has 1 aliphatic rings. The first-order chi connectivity index (χ1) is 10.3. The third kappa shape index (κ3) is 4.57. The smallest absolute Gasteiger partial charge is 0.380 e. The first-order valence-electron chi connectivity index (χ1n) is 6.94. The molecule has 124 valence electrons. The molecule has 0 radical (unpaired) electrons. The maximum atomic E-state index is 12.5. The number of alkyl halides is 3. The molecule has 2 rings (SSSR count). The van der Waals surface area contributed by atoms with Gasteiger partial charge in [0.15, 0.2) is 11.7 Å². The van der Waals surface area contributed by atoms with Crippen molar-refractivity contribution in [1.82, 2.24) is 15.6 Å². The number of hydrogen-bond donors (Lipinski definition) is 2. The Hall–Kier alpha value is -1.35. The van der Waals surface area contributed by atoms with Gasteiger partial charge in [-0.2, -0.15) is 13.2 Å². The van der Waals surface area contributed by atoms with E-state index in [0.29, 0.717) is 37.3 Å². The number of aliphatic imine (C=N–C) groups is 1. The van der Waals surface area contributed by atoms with Crippen molar-refractivity contribution in [2.45, 2.75) is 26.6 Å². The van der Waals surface area contributed by atoms with Crippen LogP contribution in [-0.2, 0) is 17.5 Å². The number of nitrogens with one attached hydrogen (secondary N) is 2. The van der Waals surface area contributed by atoms with Crippen molar-refractivity contribution < 1.29 is 17.9 Å². The van der Waals surface area contributed by atoms with E-state index < -0.39 is 11.9 Å². The number of rotatable bonds is 5. The van der Waals surface area contributed by atoms with Crippen molar-refractivity contribution in [3.05, 3.63) is 16.1 Å². The lowest BCUT2D eigenvalue weighted by Crippen LogP contribution is -2.51. The van der Waals surface area contributed by atoms with Crippen LogP contribution < -0.4 is 10.6 Å². The Kier molecular flexibility index (Phi) is 5.28. The average Bonchev–Trinajstić information content (AvgIpc) is 2.88. The zero-order chi connectivity index (χ0) is 16.2. The Morgan fingerprint density at radius 1 is 1.45 bits per heavy atom. The van der Waals surface area contributed by atoms with Crippen molar-refractivity contribution in [2.24, 2.45) is 10.4 Å². The molecule has 0 atom stereocenters. The van der Waals surface area contributed by atoms with E-state index >= 15 is 0 Å². The molecule has 1 aromatic rings. The average molecular weight is 336 g/mol. The van der Waals surface area contributed by atoms with Gasteiger partial charge in [-0.3, -0.25) is 0 Å². The highest BCUT2D eigenvalue weighted by molar-refractivity contribution is 7.09. The fourth-order valence-corrected chi connectivity index (χ4v) is 2.58. The summed E-state index contributed by atoms with van der Waals surface area (Å²) in [7, 11) is 0. The van der Waals surface area contributed by atoms with Gasteiger partial charge in [0.05, 0.1) is 19.8 Å². The minimum atomic E-state index is -4.40. The molecule has 5 nitrogen and oxygen atoms in total. The van der Waals surface area contributed by atoms with Crippen LogP contribution in [0, 0.1) is 5.41 Å². The summed E-state index contributed by atoms with van der Waals surface area (Å²) in [5, 5.41) is 7.59. The molecule has 0 spiro atoms. The van der Waals surface area contributed by atoms with Crippen molar-refractivity contribution in [2.75, 3.05) is 26.3 Å². The highest BCUT2D eigenvalue weighted by Gasteiger charge is 2.34. The standard InChI is InChI=1S/C13H19F3N4OS/c1-3-17-11(19-6-12(2)7-21-8-12)18-4-10-20-9(5-22-10)13(14,15)16/h5H,3-4,6-8H2,1-2H3,(H2,17,18,19). The maximum Gasteiger partial charge on any atom is 0.434 e. The van der Waals surface area contributed by atoms with Crippen molar-refractivity contribution in [1.29, 1.82) is 0 Å². The quantitative estimate of drug-likeness (QED) is 0.640. The van der Waals surface area contributed by atoms with Gasteiger partial charge < -0.3 is 15.4 Å². The van der Waals surface area contributed by atoms with Gasteiger partial charge in [0.25, 0.3) is 0 Å². The Morgan fingerprint density at radius 3 is 2.68 bits per heavy atom. The highest BCUT2D eigenvalue weighted by Crippen LogP contribution is 2.30. The molecule has 0 amide bonds. The van der Waals surface area contributed by atoms with Crippen LogP contribution in [0.15, 0.2) is 10.4 Å². The second kappa shape index (κ2) is 6.82. The van der Waals surface area contributed by atoms with Crippen LogP contribution in [0.25, 0.3) is 0 Å². The summed E-state index contributed by atoms with van der Waals surface area (Å²) in [4.78, 5) is 7.84. The lowest BCUT2D eigenvalue weighted by Gasteiger charge is -2.38.